The molecule has 3 N–H and O–H groups in total. The molecule has 0 aromatic carbocycles. The number of methoxy groups -OCH3 is 1. The van der Waals surface area contributed by atoms with Gasteiger partial charge in [-0.15, -0.1) is 0 Å². The largest absolute Gasteiger partial charge is 0.479 e. The maximum Gasteiger partial charge on any atom is 0.238 e. The molecule has 0 amide bonds. The zero-order valence-electron chi connectivity index (χ0n) is 10.6. The normalized spacial score (nSPS) is 16.6. The smallest absolute Gasteiger partial charge is 0.238 e. The van der Waals surface area contributed by atoms with Crippen molar-refractivity contribution in [1.29, 1.82) is 0 Å². The Morgan fingerprint density at radius 2 is 2.29 bits per heavy atom. The van der Waals surface area contributed by atoms with Crippen LogP contribution in [0.1, 0.15) is 32.6 Å². The summed E-state index contributed by atoms with van der Waals surface area (Å²) in [6.45, 7) is 2.20. The van der Waals surface area contributed by atoms with Crippen LogP contribution in [0.3, 0.4) is 0 Å². The van der Waals surface area contributed by atoms with E-state index in [9.17, 15) is 0 Å². The van der Waals surface area contributed by atoms with E-state index in [2.05, 4.69) is 17.2 Å². The highest BCUT2D eigenvalue weighted by molar-refractivity contribution is 5.53. The fraction of sp³-hybridized carbons (Fsp3) is 0.615. The van der Waals surface area contributed by atoms with Crippen molar-refractivity contribution in [3.05, 3.63) is 12.1 Å². The molecule has 4 heteroatoms. The predicted octanol–water partition coefficient (Wildman–Crippen LogP) is 2.66. The quantitative estimate of drug-likeness (QED) is 0.795. The highest BCUT2D eigenvalue weighted by atomic mass is 16.5. The SMILES string of the molecule is CCC(CC1CC1)Nc1ccc(N)c(OC)n1. The Morgan fingerprint density at radius 1 is 1.53 bits per heavy atom. The average Bonchev–Trinajstić information content (AvgIpc) is 3.14. The van der Waals surface area contributed by atoms with Crippen LogP contribution in [0.5, 0.6) is 5.88 Å². The van der Waals surface area contributed by atoms with Crippen molar-refractivity contribution >= 4 is 11.5 Å². The van der Waals surface area contributed by atoms with Crippen molar-refractivity contribution in [2.75, 3.05) is 18.2 Å². The van der Waals surface area contributed by atoms with E-state index in [-0.39, 0.29) is 0 Å². The fourth-order valence-electron chi connectivity index (χ4n) is 1.99. The molecule has 0 saturated heterocycles. The number of ether oxygens (including phenoxy) is 1. The van der Waals surface area contributed by atoms with Gasteiger partial charge in [0.15, 0.2) is 0 Å². The molecule has 2 rings (SSSR count). The van der Waals surface area contributed by atoms with E-state index in [1.807, 2.05) is 12.1 Å². The Labute approximate surface area is 103 Å². The molecular weight excluding hydrogens is 214 g/mol. The number of hydrogen-bond donors (Lipinski definition) is 2. The first-order valence-electron chi connectivity index (χ1n) is 6.30. The molecule has 0 bridgehead atoms. The molecule has 1 saturated carbocycles. The summed E-state index contributed by atoms with van der Waals surface area (Å²) in [5, 5.41) is 3.46. The van der Waals surface area contributed by atoms with Crippen LogP contribution in [0, 0.1) is 5.92 Å². The number of nitrogens with zero attached hydrogens (tertiary/aromatic N) is 1. The molecule has 17 heavy (non-hydrogen) atoms. The molecule has 0 aliphatic heterocycles. The molecule has 1 aromatic rings. The molecule has 1 aromatic heterocycles. The Morgan fingerprint density at radius 3 is 2.88 bits per heavy atom. The van der Waals surface area contributed by atoms with Gasteiger partial charge in [0, 0.05) is 6.04 Å². The van der Waals surface area contributed by atoms with Crippen LogP contribution in [0.25, 0.3) is 0 Å². The van der Waals surface area contributed by atoms with Crippen LogP contribution in [0.4, 0.5) is 11.5 Å². The summed E-state index contributed by atoms with van der Waals surface area (Å²) >= 11 is 0. The van der Waals surface area contributed by atoms with Crippen molar-refractivity contribution in [1.82, 2.24) is 4.98 Å². The third-order valence-electron chi connectivity index (χ3n) is 3.24. The van der Waals surface area contributed by atoms with E-state index >= 15 is 0 Å². The second kappa shape index (κ2) is 5.25. The zero-order chi connectivity index (χ0) is 12.3. The van der Waals surface area contributed by atoms with Crippen molar-refractivity contribution in [3.8, 4) is 5.88 Å². The molecule has 0 spiro atoms. The van der Waals surface area contributed by atoms with E-state index < -0.39 is 0 Å². The van der Waals surface area contributed by atoms with E-state index in [0.29, 0.717) is 17.6 Å². The van der Waals surface area contributed by atoms with Gasteiger partial charge in [0.1, 0.15) is 5.82 Å². The van der Waals surface area contributed by atoms with Gasteiger partial charge in [0.25, 0.3) is 0 Å². The lowest BCUT2D eigenvalue weighted by Crippen LogP contribution is -2.20. The third kappa shape index (κ3) is 3.25. The Balaban J connectivity index is 2.00. The van der Waals surface area contributed by atoms with E-state index in [4.69, 9.17) is 10.5 Å². The number of nitrogen functional groups attached to an aromatic ring is 1. The topological polar surface area (TPSA) is 60.2 Å². The van der Waals surface area contributed by atoms with Crippen LogP contribution >= 0.6 is 0 Å². The van der Waals surface area contributed by atoms with Gasteiger partial charge in [-0.3, -0.25) is 0 Å². The standard InChI is InChI=1S/C13H21N3O/c1-3-10(8-9-4-5-9)15-12-7-6-11(14)13(16-12)17-2/h6-7,9-10H,3-5,8,14H2,1-2H3,(H,15,16). The third-order valence-corrected chi connectivity index (χ3v) is 3.24. The maximum absolute atomic E-state index is 5.74. The second-order valence-electron chi connectivity index (χ2n) is 4.72. The van der Waals surface area contributed by atoms with Gasteiger partial charge in [0.05, 0.1) is 12.8 Å². The molecule has 1 aliphatic carbocycles. The minimum absolute atomic E-state index is 0.497. The first kappa shape index (κ1) is 12.0. The molecule has 1 aliphatic rings. The van der Waals surface area contributed by atoms with Gasteiger partial charge in [0.2, 0.25) is 5.88 Å². The predicted molar refractivity (Wildman–Crippen MR) is 70.2 cm³/mol. The minimum atomic E-state index is 0.497. The summed E-state index contributed by atoms with van der Waals surface area (Å²) in [5.74, 6) is 2.27. The Hall–Kier alpha value is -1.45. The number of nitrogens with two attached hydrogens (primary N) is 1. The Kier molecular flexibility index (Phi) is 3.71. The average molecular weight is 235 g/mol. The van der Waals surface area contributed by atoms with Gasteiger partial charge in [-0.1, -0.05) is 19.8 Å². The van der Waals surface area contributed by atoms with E-state index in [1.165, 1.54) is 19.3 Å². The van der Waals surface area contributed by atoms with Gasteiger partial charge in [-0.25, -0.2) is 0 Å². The van der Waals surface area contributed by atoms with Crippen LogP contribution < -0.4 is 15.8 Å². The highest BCUT2D eigenvalue weighted by Gasteiger charge is 2.24. The number of aromatic nitrogens is 1. The number of pyridine rings is 1. The first-order valence-corrected chi connectivity index (χ1v) is 6.30. The molecule has 1 heterocycles. The number of rotatable bonds is 6. The molecule has 0 radical (unpaired) electrons. The molecular formula is C13H21N3O. The van der Waals surface area contributed by atoms with Crippen LogP contribution in [0.2, 0.25) is 0 Å². The molecule has 1 fully saturated rings. The van der Waals surface area contributed by atoms with Crippen molar-refractivity contribution in [2.45, 2.75) is 38.6 Å². The highest BCUT2D eigenvalue weighted by Crippen LogP contribution is 2.34. The maximum atomic E-state index is 5.74. The lowest BCUT2D eigenvalue weighted by molar-refractivity contribution is 0.400. The monoisotopic (exact) mass is 235 g/mol. The Bertz CT molecular complexity index is 377. The summed E-state index contributed by atoms with van der Waals surface area (Å²) in [6.07, 6.45) is 5.13. The van der Waals surface area contributed by atoms with Crippen LogP contribution in [0.15, 0.2) is 12.1 Å². The molecule has 4 nitrogen and oxygen atoms in total. The van der Waals surface area contributed by atoms with Gasteiger partial charge >= 0.3 is 0 Å². The lowest BCUT2D eigenvalue weighted by atomic mass is 10.1. The second-order valence-corrected chi connectivity index (χ2v) is 4.72. The van der Waals surface area contributed by atoms with E-state index in [0.717, 1.165) is 18.2 Å². The van der Waals surface area contributed by atoms with Gasteiger partial charge in [-0.05, 0) is 30.9 Å². The van der Waals surface area contributed by atoms with E-state index in [1.54, 1.807) is 7.11 Å². The zero-order valence-corrected chi connectivity index (χ0v) is 10.6. The van der Waals surface area contributed by atoms with Gasteiger partial charge in [-0.2, -0.15) is 4.98 Å². The molecule has 1 unspecified atom stereocenters. The summed E-state index contributed by atoms with van der Waals surface area (Å²) in [4.78, 5) is 4.35. The fourth-order valence-corrected chi connectivity index (χ4v) is 1.99. The van der Waals surface area contributed by atoms with Crippen molar-refractivity contribution in [2.24, 2.45) is 5.92 Å². The lowest BCUT2D eigenvalue weighted by Gasteiger charge is -2.17. The number of hydrogen-bond acceptors (Lipinski definition) is 4. The summed E-state index contributed by atoms with van der Waals surface area (Å²) in [5.41, 5.74) is 6.32. The molecule has 94 valence electrons. The van der Waals surface area contributed by atoms with Crippen molar-refractivity contribution in [3.63, 3.8) is 0 Å². The summed E-state index contributed by atoms with van der Waals surface area (Å²) in [7, 11) is 1.59. The van der Waals surface area contributed by atoms with Gasteiger partial charge < -0.3 is 15.8 Å². The number of anilines is 2. The first-order chi connectivity index (χ1) is 8.22. The summed E-state index contributed by atoms with van der Waals surface area (Å²) < 4.78 is 5.12. The summed E-state index contributed by atoms with van der Waals surface area (Å²) in [6, 6.07) is 4.24. The number of nitrogens with one attached hydrogen (secondary N) is 1. The van der Waals surface area contributed by atoms with Crippen molar-refractivity contribution < 1.29 is 4.74 Å². The minimum Gasteiger partial charge on any atom is -0.479 e. The van der Waals surface area contributed by atoms with Crippen LogP contribution in [-0.4, -0.2) is 18.1 Å². The molecule has 1 atom stereocenters. The van der Waals surface area contributed by atoms with Crippen LogP contribution in [-0.2, 0) is 0 Å².